The molecule has 1 unspecified atom stereocenters. The lowest BCUT2D eigenvalue weighted by molar-refractivity contribution is -0.137. The van der Waals surface area contributed by atoms with E-state index in [9.17, 15) is 13.2 Å². The van der Waals surface area contributed by atoms with Crippen molar-refractivity contribution in [3.05, 3.63) is 35.4 Å². The van der Waals surface area contributed by atoms with Gasteiger partial charge in [0.2, 0.25) is 0 Å². The van der Waals surface area contributed by atoms with Crippen LogP contribution in [0.3, 0.4) is 0 Å². The molecule has 4 heteroatoms. The van der Waals surface area contributed by atoms with Crippen molar-refractivity contribution in [3.63, 3.8) is 0 Å². The quantitative estimate of drug-likeness (QED) is 0.692. The standard InChI is InChI=1S/C11H11F3O/c1-10(7-15-10)6-8-2-4-9(5-3-8)11(12,13)14/h2-5H,6-7H2,1H3. The van der Waals surface area contributed by atoms with Crippen LogP contribution in [0.25, 0.3) is 0 Å². The van der Waals surface area contributed by atoms with Gasteiger partial charge in [-0.3, -0.25) is 0 Å². The molecule has 0 aromatic heterocycles. The van der Waals surface area contributed by atoms with E-state index in [-0.39, 0.29) is 5.60 Å². The lowest BCUT2D eigenvalue weighted by atomic mass is 10.0. The normalized spacial score (nSPS) is 25.3. The van der Waals surface area contributed by atoms with Gasteiger partial charge in [0, 0.05) is 6.42 Å². The van der Waals surface area contributed by atoms with Crippen LogP contribution in [0.1, 0.15) is 18.1 Å². The number of ether oxygens (including phenoxy) is 1. The van der Waals surface area contributed by atoms with E-state index >= 15 is 0 Å². The van der Waals surface area contributed by atoms with Gasteiger partial charge >= 0.3 is 6.18 Å². The monoisotopic (exact) mass is 216 g/mol. The molecule has 1 heterocycles. The second-order valence-electron chi connectivity index (χ2n) is 4.11. The summed E-state index contributed by atoms with van der Waals surface area (Å²) >= 11 is 0. The third kappa shape index (κ3) is 2.50. The molecule has 1 aliphatic rings. The number of alkyl halides is 3. The highest BCUT2D eigenvalue weighted by Crippen LogP contribution is 2.32. The van der Waals surface area contributed by atoms with Crippen LogP contribution in [0.15, 0.2) is 24.3 Å². The summed E-state index contributed by atoms with van der Waals surface area (Å²) in [6.45, 7) is 2.64. The average molecular weight is 216 g/mol. The van der Waals surface area contributed by atoms with Gasteiger partial charge in [-0.25, -0.2) is 0 Å². The lowest BCUT2D eigenvalue weighted by Gasteiger charge is -2.08. The van der Waals surface area contributed by atoms with Crippen molar-refractivity contribution < 1.29 is 17.9 Å². The molecule has 0 saturated carbocycles. The fraction of sp³-hybridized carbons (Fsp3) is 0.455. The Hall–Kier alpha value is -1.03. The molecular formula is C11H11F3O. The summed E-state index contributed by atoms with van der Waals surface area (Å²) < 4.78 is 41.9. The van der Waals surface area contributed by atoms with Crippen molar-refractivity contribution in [1.82, 2.24) is 0 Å². The highest BCUT2D eigenvalue weighted by Gasteiger charge is 2.39. The van der Waals surface area contributed by atoms with E-state index < -0.39 is 11.7 Å². The fourth-order valence-corrected chi connectivity index (χ4v) is 1.47. The summed E-state index contributed by atoms with van der Waals surface area (Å²) in [5.41, 5.74) is 0.121. The van der Waals surface area contributed by atoms with Gasteiger partial charge in [0.15, 0.2) is 0 Å². The summed E-state index contributed by atoms with van der Waals surface area (Å²) in [5.74, 6) is 0. The molecule has 0 bridgehead atoms. The first-order chi connectivity index (χ1) is 6.89. The Morgan fingerprint density at radius 3 is 2.20 bits per heavy atom. The molecular weight excluding hydrogens is 205 g/mol. The van der Waals surface area contributed by atoms with Crippen LogP contribution >= 0.6 is 0 Å². The van der Waals surface area contributed by atoms with Gasteiger partial charge in [0.05, 0.1) is 17.8 Å². The van der Waals surface area contributed by atoms with Gasteiger partial charge in [0.25, 0.3) is 0 Å². The van der Waals surface area contributed by atoms with E-state index in [0.717, 1.165) is 17.7 Å². The van der Waals surface area contributed by atoms with Crippen molar-refractivity contribution in [3.8, 4) is 0 Å². The third-order valence-corrected chi connectivity index (χ3v) is 2.50. The van der Waals surface area contributed by atoms with Crippen LogP contribution in [0, 0.1) is 0 Å². The second-order valence-corrected chi connectivity index (χ2v) is 4.11. The minimum absolute atomic E-state index is 0.153. The second kappa shape index (κ2) is 3.23. The number of hydrogen-bond acceptors (Lipinski definition) is 1. The Morgan fingerprint density at radius 2 is 1.80 bits per heavy atom. The molecule has 15 heavy (non-hydrogen) atoms. The van der Waals surface area contributed by atoms with Gasteiger partial charge in [-0.2, -0.15) is 13.2 Å². The van der Waals surface area contributed by atoms with Crippen LogP contribution in [-0.2, 0) is 17.3 Å². The Balaban J connectivity index is 2.10. The van der Waals surface area contributed by atoms with E-state index in [1.165, 1.54) is 12.1 Å². The van der Waals surface area contributed by atoms with E-state index in [0.29, 0.717) is 13.0 Å². The molecule has 0 radical (unpaired) electrons. The average Bonchev–Trinajstić information content (AvgIpc) is 2.82. The Bertz CT molecular complexity index is 349. The molecule has 1 nitrogen and oxygen atoms in total. The minimum atomic E-state index is -4.25. The van der Waals surface area contributed by atoms with Crippen LogP contribution in [0.4, 0.5) is 13.2 Å². The first kappa shape index (κ1) is 10.5. The Morgan fingerprint density at radius 1 is 1.27 bits per heavy atom. The largest absolute Gasteiger partial charge is 0.416 e. The van der Waals surface area contributed by atoms with Gasteiger partial charge in [-0.15, -0.1) is 0 Å². The molecule has 1 saturated heterocycles. The molecule has 0 aliphatic carbocycles. The highest BCUT2D eigenvalue weighted by molar-refractivity contribution is 5.26. The molecule has 1 aromatic rings. The summed E-state index contributed by atoms with van der Waals surface area (Å²) in [4.78, 5) is 0. The van der Waals surface area contributed by atoms with E-state index in [2.05, 4.69) is 0 Å². The van der Waals surface area contributed by atoms with Crippen molar-refractivity contribution in [2.75, 3.05) is 6.61 Å². The zero-order valence-electron chi connectivity index (χ0n) is 8.27. The smallest absolute Gasteiger partial charge is 0.370 e. The van der Waals surface area contributed by atoms with Crippen molar-refractivity contribution in [2.24, 2.45) is 0 Å². The zero-order chi connectivity index (χ0) is 11.1. The number of rotatable bonds is 2. The predicted octanol–water partition coefficient (Wildman–Crippen LogP) is 3.04. The van der Waals surface area contributed by atoms with Crippen molar-refractivity contribution in [2.45, 2.75) is 25.1 Å². The summed E-state index contributed by atoms with van der Waals surface area (Å²) in [6.07, 6.45) is -3.58. The minimum Gasteiger partial charge on any atom is -0.370 e. The summed E-state index contributed by atoms with van der Waals surface area (Å²) in [5, 5.41) is 0. The maximum Gasteiger partial charge on any atom is 0.416 e. The first-order valence-electron chi connectivity index (χ1n) is 4.69. The molecule has 0 spiro atoms. The van der Waals surface area contributed by atoms with Crippen LogP contribution < -0.4 is 0 Å². The highest BCUT2D eigenvalue weighted by atomic mass is 19.4. The maximum atomic E-state index is 12.2. The number of benzene rings is 1. The number of hydrogen-bond donors (Lipinski definition) is 0. The SMILES string of the molecule is CC1(Cc2ccc(C(F)(F)F)cc2)CO1. The van der Waals surface area contributed by atoms with Crippen LogP contribution in [0.2, 0.25) is 0 Å². The molecule has 1 aromatic carbocycles. The van der Waals surface area contributed by atoms with Crippen molar-refractivity contribution >= 4 is 0 Å². The summed E-state index contributed by atoms with van der Waals surface area (Å²) in [6, 6.07) is 5.24. The van der Waals surface area contributed by atoms with Crippen molar-refractivity contribution in [1.29, 1.82) is 0 Å². The molecule has 0 N–H and O–H groups in total. The molecule has 1 fully saturated rings. The topological polar surface area (TPSA) is 12.5 Å². The van der Waals surface area contributed by atoms with Gasteiger partial charge in [0.1, 0.15) is 0 Å². The Labute approximate surface area is 85.9 Å². The fourth-order valence-electron chi connectivity index (χ4n) is 1.47. The van der Waals surface area contributed by atoms with Gasteiger partial charge in [-0.1, -0.05) is 12.1 Å². The first-order valence-corrected chi connectivity index (χ1v) is 4.69. The molecule has 1 atom stereocenters. The van der Waals surface area contributed by atoms with E-state index in [4.69, 9.17) is 4.74 Å². The third-order valence-electron chi connectivity index (χ3n) is 2.50. The van der Waals surface area contributed by atoms with Gasteiger partial charge < -0.3 is 4.74 Å². The molecule has 82 valence electrons. The Kier molecular flexibility index (Phi) is 2.26. The van der Waals surface area contributed by atoms with Crippen LogP contribution in [0.5, 0.6) is 0 Å². The lowest BCUT2D eigenvalue weighted by Crippen LogP contribution is -2.09. The zero-order valence-corrected chi connectivity index (χ0v) is 8.27. The molecule has 2 rings (SSSR count). The summed E-state index contributed by atoms with van der Waals surface area (Å²) in [7, 11) is 0. The number of halogens is 3. The predicted molar refractivity (Wildman–Crippen MR) is 49.5 cm³/mol. The van der Waals surface area contributed by atoms with Crippen LogP contribution in [-0.4, -0.2) is 12.2 Å². The molecule has 1 aliphatic heterocycles. The van der Waals surface area contributed by atoms with E-state index in [1.54, 1.807) is 0 Å². The van der Waals surface area contributed by atoms with E-state index in [1.807, 2.05) is 6.92 Å². The maximum absolute atomic E-state index is 12.2. The van der Waals surface area contributed by atoms with Gasteiger partial charge in [-0.05, 0) is 24.6 Å². The molecule has 0 amide bonds. The number of epoxide rings is 1.